The molecule has 0 unspecified atom stereocenters. The third kappa shape index (κ3) is 4.31. The smallest absolute Gasteiger partial charge is 0.267 e. The predicted octanol–water partition coefficient (Wildman–Crippen LogP) is 3.86. The van der Waals surface area contributed by atoms with Crippen molar-refractivity contribution in [3.8, 4) is 0 Å². The number of anilines is 2. The molecule has 2 aromatic heterocycles. The lowest BCUT2D eigenvalue weighted by Crippen LogP contribution is -2.47. The van der Waals surface area contributed by atoms with Gasteiger partial charge in [0, 0.05) is 38.9 Å². The summed E-state index contributed by atoms with van der Waals surface area (Å²) >= 11 is 6.53. The Morgan fingerprint density at radius 2 is 1.83 bits per heavy atom. The van der Waals surface area contributed by atoms with Crippen molar-refractivity contribution in [2.75, 3.05) is 42.5 Å². The molecule has 4 heterocycles. The summed E-state index contributed by atoms with van der Waals surface area (Å²) in [7, 11) is 0. The van der Waals surface area contributed by atoms with Crippen LogP contribution in [0.2, 0.25) is 0 Å². The highest BCUT2D eigenvalue weighted by Gasteiger charge is 2.32. The van der Waals surface area contributed by atoms with Crippen molar-refractivity contribution in [3.63, 3.8) is 0 Å². The quantitative estimate of drug-likeness (QED) is 0.287. The van der Waals surface area contributed by atoms with Crippen LogP contribution in [0.5, 0.6) is 0 Å². The Labute approximate surface area is 217 Å². The van der Waals surface area contributed by atoms with E-state index in [1.807, 2.05) is 28.9 Å². The van der Waals surface area contributed by atoms with Gasteiger partial charge in [0.25, 0.3) is 11.5 Å². The minimum atomic E-state index is -0.260. The number of aryl methyl sites for hydroxylation is 1. The molecule has 10 heteroatoms. The lowest BCUT2D eigenvalue weighted by Gasteiger charge is -2.37. The van der Waals surface area contributed by atoms with Gasteiger partial charge < -0.3 is 9.80 Å². The molecule has 36 heavy (non-hydrogen) atoms. The molecule has 1 aromatic carbocycles. The van der Waals surface area contributed by atoms with Gasteiger partial charge in [0.15, 0.2) is 0 Å². The molecule has 0 bridgehead atoms. The number of thiocarbonyl (C=S) groups is 1. The van der Waals surface area contributed by atoms with E-state index in [0.717, 1.165) is 5.56 Å². The van der Waals surface area contributed by atoms with E-state index in [4.69, 9.17) is 17.2 Å². The highest BCUT2D eigenvalue weighted by atomic mass is 32.2. The normalized spacial score (nSPS) is 17.5. The second-order valence-electron chi connectivity index (χ2n) is 8.55. The summed E-state index contributed by atoms with van der Waals surface area (Å²) in [6.45, 7) is 8.12. The molecule has 3 aromatic rings. The molecule has 0 radical (unpaired) electrons. The number of hydrogen-bond donors (Lipinski definition) is 0. The first kappa shape index (κ1) is 24.2. The van der Waals surface area contributed by atoms with Crippen LogP contribution in [0.25, 0.3) is 11.7 Å². The van der Waals surface area contributed by atoms with Crippen LogP contribution in [0.3, 0.4) is 0 Å². The summed E-state index contributed by atoms with van der Waals surface area (Å²) in [6.07, 6.45) is 4.90. The molecular weight excluding hydrogens is 497 g/mol. The Hall–Kier alpha value is -3.50. The van der Waals surface area contributed by atoms with Crippen LogP contribution in [0.15, 0.2) is 64.9 Å². The van der Waals surface area contributed by atoms with Crippen LogP contribution in [-0.2, 0) is 4.79 Å². The van der Waals surface area contributed by atoms with E-state index in [-0.39, 0.29) is 17.3 Å². The molecule has 2 fully saturated rings. The molecule has 0 atom stereocenters. The lowest BCUT2D eigenvalue weighted by atomic mass is 10.2. The van der Waals surface area contributed by atoms with Crippen molar-refractivity contribution >= 4 is 57.4 Å². The van der Waals surface area contributed by atoms with E-state index < -0.39 is 0 Å². The number of para-hydroxylation sites is 1. The molecule has 2 aliphatic rings. The minimum Gasteiger partial charge on any atom is -0.366 e. The third-order valence-corrected chi connectivity index (χ3v) is 7.67. The number of halogens is 1. The Bertz CT molecular complexity index is 1480. The molecular formula is C26H24FN5O2S2. The SMILES string of the molecule is C=CCN1C(=O)C(=Cc2c(N3CCN(c4ccccc4F)CC3)nc3c(C)cccn3c2=O)SC1=S. The predicted molar refractivity (Wildman–Crippen MR) is 147 cm³/mol. The van der Waals surface area contributed by atoms with Gasteiger partial charge in [-0.05, 0) is 36.8 Å². The number of hydrogen-bond acceptors (Lipinski definition) is 7. The number of thioether (sulfide) groups is 1. The van der Waals surface area contributed by atoms with Gasteiger partial charge in [0.1, 0.15) is 21.6 Å². The van der Waals surface area contributed by atoms with Crippen molar-refractivity contribution in [1.29, 1.82) is 0 Å². The van der Waals surface area contributed by atoms with E-state index in [9.17, 15) is 14.0 Å². The van der Waals surface area contributed by atoms with Gasteiger partial charge in [-0.25, -0.2) is 9.37 Å². The van der Waals surface area contributed by atoms with Crippen molar-refractivity contribution in [2.45, 2.75) is 6.92 Å². The van der Waals surface area contributed by atoms with Gasteiger partial charge >= 0.3 is 0 Å². The van der Waals surface area contributed by atoms with Crippen LogP contribution in [0.1, 0.15) is 11.1 Å². The summed E-state index contributed by atoms with van der Waals surface area (Å²) in [4.78, 5) is 37.4. The molecule has 0 spiro atoms. The largest absolute Gasteiger partial charge is 0.366 e. The fraction of sp³-hybridized carbons (Fsp3) is 0.231. The number of benzene rings is 1. The summed E-state index contributed by atoms with van der Waals surface area (Å²) in [5.41, 5.74) is 2.06. The zero-order valence-corrected chi connectivity index (χ0v) is 21.3. The maximum atomic E-state index is 14.3. The molecule has 184 valence electrons. The number of carbonyl (C=O) groups is 1. The second kappa shape index (κ2) is 9.87. The van der Waals surface area contributed by atoms with Gasteiger partial charge in [-0.15, -0.1) is 6.58 Å². The Kier molecular flexibility index (Phi) is 6.63. The number of fused-ring (bicyclic) bond motifs is 1. The number of carbonyl (C=O) groups excluding carboxylic acids is 1. The number of pyridine rings is 1. The minimum absolute atomic E-state index is 0.256. The number of amides is 1. The summed E-state index contributed by atoms with van der Waals surface area (Å²) < 4.78 is 16.3. The lowest BCUT2D eigenvalue weighted by molar-refractivity contribution is -0.121. The van der Waals surface area contributed by atoms with E-state index in [1.165, 1.54) is 27.1 Å². The zero-order chi connectivity index (χ0) is 25.4. The van der Waals surface area contributed by atoms with Gasteiger partial charge in [-0.1, -0.05) is 48.3 Å². The number of nitrogens with zero attached hydrogens (tertiary/aromatic N) is 5. The van der Waals surface area contributed by atoms with Gasteiger partial charge in [0.2, 0.25) is 0 Å². The van der Waals surface area contributed by atoms with Gasteiger partial charge in [-0.2, -0.15) is 0 Å². The third-order valence-electron chi connectivity index (χ3n) is 6.30. The standard InChI is InChI=1S/C26H24FN5O2S2/c1-3-10-32-25(34)21(36-26(32)35)16-18-23(28-22-17(2)7-6-11-31(22)24(18)33)30-14-12-29(13-15-30)20-9-5-4-8-19(20)27/h3-9,11,16H,1,10,12-15H2,2H3. The van der Waals surface area contributed by atoms with E-state index >= 15 is 0 Å². The van der Waals surface area contributed by atoms with E-state index in [1.54, 1.807) is 36.5 Å². The van der Waals surface area contributed by atoms with Crippen molar-refractivity contribution in [3.05, 3.63) is 87.5 Å². The molecule has 5 rings (SSSR count). The maximum Gasteiger partial charge on any atom is 0.267 e. The van der Waals surface area contributed by atoms with Crippen molar-refractivity contribution < 1.29 is 9.18 Å². The highest BCUT2D eigenvalue weighted by molar-refractivity contribution is 8.26. The van der Waals surface area contributed by atoms with Crippen molar-refractivity contribution in [1.82, 2.24) is 14.3 Å². The average molecular weight is 522 g/mol. The molecule has 1 amide bonds. The topological polar surface area (TPSA) is 61.2 Å². The summed E-state index contributed by atoms with van der Waals surface area (Å²) in [5.74, 6) is -0.00340. The van der Waals surface area contributed by atoms with Crippen LogP contribution < -0.4 is 15.4 Å². The van der Waals surface area contributed by atoms with Gasteiger partial charge in [-0.3, -0.25) is 18.9 Å². The Morgan fingerprint density at radius 1 is 1.11 bits per heavy atom. The van der Waals surface area contributed by atoms with Crippen molar-refractivity contribution in [2.24, 2.45) is 0 Å². The number of rotatable bonds is 5. The monoisotopic (exact) mass is 521 g/mol. The average Bonchev–Trinajstić information content (AvgIpc) is 3.14. The van der Waals surface area contributed by atoms with E-state index in [0.29, 0.717) is 64.7 Å². The molecule has 2 aliphatic heterocycles. The van der Waals surface area contributed by atoms with Gasteiger partial charge in [0.05, 0.1) is 16.2 Å². The highest BCUT2D eigenvalue weighted by Crippen LogP contribution is 2.34. The Balaban J connectivity index is 1.55. The fourth-order valence-electron chi connectivity index (χ4n) is 4.45. The maximum absolute atomic E-state index is 14.3. The molecule has 7 nitrogen and oxygen atoms in total. The summed E-state index contributed by atoms with van der Waals surface area (Å²) in [5, 5.41) is 0. The fourth-order valence-corrected chi connectivity index (χ4v) is 5.71. The van der Waals surface area contributed by atoms with Crippen LogP contribution >= 0.6 is 24.0 Å². The second-order valence-corrected chi connectivity index (χ2v) is 10.2. The molecule has 0 N–H and O–H groups in total. The molecule has 2 saturated heterocycles. The van der Waals surface area contributed by atoms with Crippen LogP contribution in [0.4, 0.5) is 15.9 Å². The first-order valence-corrected chi connectivity index (χ1v) is 12.7. The number of aromatic nitrogens is 2. The number of piperazine rings is 1. The molecule has 0 saturated carbocycles. The Morgan fingerprint density at radius 3 is 2.56 bits per heavy atom. The first-order chi connectivity index (χ1) is 17.4. The van der Waals surface area contributed by atoms with Crippen LogP contribution in [0, 0.1) is 12.7 Å². The van der Waals surface area contributed by atoms with E-state index in [2.05, 4.69) is 6.58 Å². The molecule has 0 aliphatic carbocycles. The summed E-state index contributed by atoms with van der Waals surface area (Å²) in [6, 6.07) is 10.4. The zero-order valence-electron chi connectivity index (χ0n) is 19.7. The first-order valence-electron chi connectivity index (χ1n) is 11.5. The van der Waals surface area contributed by atoms with Crippen LogP contribution in [-0.4, -0.2) is 57.2 Å².